The van der Waals surface area contributed by atoms with Crippen molar-refractivity contribution in [3.05, 3.63) is 0 Å². The Bertz CT molecular complexity index is 259. The predicted molar refractivity (Wildman–Crippen MR) is 97.3 cm³/mol. The molecule has 0 unspecified atom stereocenters. The molecule has 0 N–H and O–H groups in total. The van der Waals surface area contributed by atoms with Crippen LogP contribution in [0, 0.1) is 0 Å². The smallest absolute Gasteiger partial charge is 0.320 e. The van der Waals surface area contributed by atoms with Gasteiger partial charge in [-0.3, -0.25) is 0 Å². The molecular weight excluding hydrogens is 312 g/mol. The topological polar surface area (TPSA) is 27.7 Å². The summed E-state index contributed by atoms with van der Waals surface area (Å²) in [4.78, 5) is 0. The molecular formula is C15H36O3Si3. The van der Waals surface area contributed by atoms with E-state index in [1.807, 2.05) is 0 Å². The van der Waals surface area contributed by atoms with Gasteiger partial charge in [-0.25, -0.2) is 0 Å². The Labute approximate surface area is 135 Å². The quantitative estimate of drug-likeness (QED) is 0.503. The summed E-state index contributed by atoms with van der Waals surface area (Å²) in [6.07, 6.45) is 3.50. The Kier molecular flexibility index (Phi) is 7.83. The largest absolute Gasteiger partial charge is 0.415 e. The van der Waals surface area contributed by atoms with Crippen molar-refractivity contribution >= 4 is 25.7 Å². The molecule has 3 nitrogen and oxygen atoms in total. The van der Waals surface area contributed by atoms with Gasteiger partial charge in [-0.05, 0) is 36.3 Å². The van der Waals surface area contributed by atoms with Crippen LogP contribution in [0.2, 0.25) is 36.3 Å². The highest BCUT2D eigenvalue weighted by atomic mass is 28.5. The van der Waals surface area contributed by atoms with Crippen molar-refractivity contribution in [2.24, 2.45) is 0 Å². The third kappa shape index (κ3) is 4.51. The van der Waals surface area contributed by atoms with Gasteiger partial charge >= 0.3 is 25.7 Å². The first-order valence-corrected chi connectivity index (χ1v) is 15.8. The summed E-state index contributed by atoms with van der Waals surface area (Å²) >= 11 is 0. The molecule has 126 valence electrons. The fourth-order valence-electron chi connectivity index (χ4n) is 3.49. The molecule has 0 aromatic carbocycles. The van der Waals surface area contributed by atoms with Crippen LogP contribution in [0.3, 0.4) is 0 Å². The van der Waals surface area contributed by atoms with Crippen LogP contribution in [-0.2, 0) is 12.3 Å². The van der Waals surface area contributed by atoms with Gasteiger partial charge in [0.15, 0.2) is 0 Å². The molecule has 1 aliphatic rings. The summed E-state index contributed by atoms with van der Waals surface area (Å²) in [7, 11) is -6.14. The minimum atomic E-state index is -2.05. The lowest BCUT2D eigenvalue weighted by Gasteiger charge is -2.53. The van der Waals surface area contributed by atoms with Gasteiger partial charge in [-0.2, -0.15) is 0 Å². The van der Waals surface area contributed by atoms with E-state index in [4.69, 9.17) is 12.3 Å². The van der Waals surface area contributed by atoms with Crippen molar-refractivity contribution in [2.45, 2.75) is 97.1 Å². The zero-order valence-corrected chi connectivity index (χ0v) is 18.1. The molecule has 0 radical (unpaired) electrons. The van der Waals surface area contributed by atoms with E-state index in [0.29, 0.717) is 0 Å². The maximum Gasteiger partial charge on any atom is 0.320 e. The van der Waals surface area contributed by atoms with Crippen LogP contribution in [0.15, 0.2) is 0 Å². The van der Waals surface area contributed by atoms with Crippen molar-refractivity contribution < 1.29 is 12.3 Å². The van der Waals surface area contributed by atoms with E-state index in [9.17, 15) is 0 Å². The third-order valence-electron chi connectivity index (χ3n) is 4.62. The highest BCUT2D eigenvalue weighted by Crippen LogP contribution is 2.42. The molecule has 0 aromatic rings. The maximum absolute atomic E-state index is 6.81. The van der Waals surface area contributed by atoms with E-state index >= 15 is 0 Å². The lowest BCUT2D eigenvalue weighted by molar-refractivity contribution is 0.208. The van der Waals surface area contributed by atoms with Crippen molar-refractivity contribution in [1.29, 1.82) is 0 Å². The number of rotatable bonds is 9. The highest BCUT2D eigenvalue weighted by Gasteiger charge is 2.59. The first-order valence-electron chi connectivity index (χ1n) is 9.09. The standard InChI is InChI=1S/C15H36O3Si3/c1-7-13-19(10-4)16-20(11-5,14-8-2)18-21(12-6,17-19)15-9-3/h7-15H2,1-6H3. The molecule has 0 spiro atoms. The van der Waals surface area contributed by atoms with Gasteiger partial charge in [-0.1, -0.05) is 60.8 Å². The van der Waals surface area contributed by atoms with E-state index < -0.39 is 25.7 Å². The van der Waals surface area contributed by atoms with E-state index in [0.717, 1.165) is 36.3 Å². The monoisotopic (exact) mass is 348 g/mol. The summed E-state index contributed by atoms with van der Waals surface area (Å²) < 4.78 is 20.4. The lowest BCUT2D eigenvalue weighted by atomic mass is 10.6. The van der Waals surface area contributed by atoms with Crippen LogP contribution in [-0.4, -0.2) is 25.7 Å². The summed E-state index contributed by atoms with van der Waals surface area (Å²) in [6.45, 7) is 13.6. The van der Waals surface area contributed by atoms with Crippen LogP contribution >= 0.6 is 0 Å². The fraction of sp³-hybridized carbons (Fsp3) is 1.00. The first-order chi connectivity index (χ1) is 9.99. The Morgan fingerprint density at radius 1 is 0.476 bits per heavy atom. The van der Waals surface area contributed by atoms with E-state index in [-0.39, 0.29) is 0 Å². The molecule has 6 heteroatoms. The van der Waals surface area contributed by atoms with E-state index in [2.05, 4.69) is 41.5 Å². The van der Waals surface area contributed by atoms with E-state index in [1.165, 1.54) is 19.3 Å². The van der Waals surface area contributed by atoms with Gasteiger partial charge in [0.05, 0.1) is 0 Å². The zero-order chi connectivity index (χ0) is 16.0. The molecule has 21 heavy (non-hydrogen) atoms. The van der Waals surface area contributed by atoms with Gasteiger partial charge in [0.1, 0.15) is 0 Å². The van der Waals surface area contributed by atoms with Crippen LogP contribution < -0.4 is 0 Å². The minimum Gasteiger partial charge on any atom is -0.415 e. The van der Waals surface area contributed by atoms with E-state index in [1.54, 1.807) is 0 Å². The summed E-state index contributed by atoms with van der Waals surface area (Å²) in [5.41, 5.74) is 0. The molecule has 1 aliphatic heterocycles. The molecule has 0 aliphatic carbocycles. The number of hydrogen-bond donors (Lipinski definition) is 0. The Hall–Kier alpha value is 0.531. The van der Waals surface area contributed by atoms with Crippen molar-refractivity contribution in [3.63, 3.8) is 0 Å². The molecule has 1 saturated heterocycles. The van der Waals surface area contributed by atoms with Gasteiger partial charge in [0, 0.05) is 0 Å². The summed E-state index contributed by atoms with van der Waals surface area (Å²) in [6, 6.07) is 6.68. The molecule has 1 heterocycles. The van der Waals surface area contributed by atoms with Gasteiger partial charge in [0.2, 0.25) is 0 Å². The first kappa shape index (κ1) is 19.6. The summed E-state index contributed by atoms with van der Waals surface area (Å²) in [5.74, 6) is 0. The van der Waals surface area contributed by atoms with Gasteiger partial charge in [0.25, 0.3) is 0 Å². The van der Waals surface area contributed by atoms with Crippen LogP contribution in [0.5, 0.6) is 0 Å². The average molecular weight is 349 g/mol. The second-order valence-corrected chi connectivity index (χ2v) is 17.9. The van der Waals surface area contributed by atoms with Crippen molar-refractivity contribution in [1.82, 2.24) is 0 Å². The molecule has 0 atom stereocenters. The molecule has 1 fully saturated rings. The minimum absolute atomic E-state index is 1.08. The SMILES string of the molecule is CCC[Si]1(CC)O[Si](CC)(CCC)O[Si](CC)(CCC)O1. The van der Waals surface area contributed by atoms with Crippen molar-refractivity contribution in [3.8, 4) is 0 Å². The predicted octanol–water partition coefficient (Wildman–Crippen LogP) is 5.67. The molecule has 0 aromatic heterocycles. The summed E-state index contributed by atoms with van der Waals surface area (Å²) in [5, 5.41) is 0. The molecule has 0 amide bonds. The van der Waals surface area contributed by atoms with Gasteiger partial charge < -0.3 is 12.3 Å². The third-order valence-corrected chi connectivity index (χ3v) is 20.6. The molecule has 1 rings (SSSR count). The Morgan fingerprint density at radius 3 is 0.857 bits per heavy atom. The lowest BCUT2D eigenvalue weighted by Crippen LogP contribution is -2.69. The Morgan fingerprint density at radius 2 is 0.714 bits per heavy atom. The Balaban J connectivity index is 3.18. The van der Waals surface area contributed by atoms with Gasteiger partial charge in [-0.15, -0.1) is 0 Å². The fourth-order valence-corrected chi connectivity index (χ4v) is 22.5. The second-order valence-electron chi connectivity index (χ2n) is 6.35. The van der Waals surface area contributed by atoms with Crippen molar-refractivity contribution in [2.75, 3.05) is 0 Å². The molecule has 0 bridgehead atoms. The zero-order valence-electron chi connectivity index (χ0n) is 15.1. The number of hydrogen-bond acceptors (Lipinski definition) is 3. The normalized spacial score (nSPS) is 36.9. The maximum atomic E-state index is 6.81. The highest BCUT2D eigenvalue weighted by molar-refractivity contribution is 6.94. The second kappa shape index (κ2) is 8.40. The molecule has 0 saturated carbocycles. The average Bonchev–Trinajstić information content (AvgIpc) is 2.48. The van der Waals surface area contributed by atoms with Crippen LogP contribution in [0.4, 0.5) is 0 Å². The van der Waals surface area contributed by atoms with Crippen LogP contribution in [0.1, 0.15) is 60.8 Å². The van der Waals surface area contributed by atoms with Crippen LogP contribution in [0.25, 0.3) is 0 Å².